The van der Waals surface area contributed by atoms with Crippen molar-refractivity contribution < 1.29 is 22.4 Å². The highest BCUT2D eigenvalue weighted by Crippen LogP contribution is 2.24. The van der Waals surface area contributed by atoms with Gasteiger partial charge in [0.15, 0.2) is 0 Å². The molecule has 0 spiro atoms. The number of aromatic nitrogens is 4. The molecule has 0 saturated carbocycles. The monoisotopic (exact) mass is 348 g/mol. The summed E-state index contributed by atoms with van der Waals surface area (Å²) in [5, 5.41) is 15.1. The molecule has 25 heavy (non-hydrogen) atoms. The molecule has 0 aliphatic carbocycles. The van der Waals surface area contributed by atoms with Gasteiger partial charge in [0.25, 0.3) is 0 Å². The number of nitrogens with one attached hydrogen (secondary N) is 1. The lowest BCUT2D eigenvalue weighted by Gasteiger charge is -2.07. The van der Waals surface area contributed by atoms with Gasteiger partial charge in [0.05, 0.1) is 18.1 Å². The van der Waals surface area contributed by atoms with Crippen LogP contribution in [-0.4, -0.2) is 26.5 Å². The molecule has 3 heterocycles. The van der Waals surface area contributed by atoms with Crippen LogP contribution < -0.4 is 10.1 Å². The number of hydrogen-bond donors (Lipinski definition) is 1. The van der Waals surface area contributed by atoms with Crippen molar-refractivity contribution in [3.63, 3.8) is 0 Å². The molecule has 0 bridgehead atoms. The Hall–Kier alpha value is -3.68. The normalized spacial score (nSPS) is 11.0. The summed E-state index contributed by atoms with van der Waals surface area (Å²) >= 11 is 0. The van der Waals surface area contributed by atoms with Gasteiger partial charge < -0.3 is 14.6 Å². The molecule has 3 aromatic heterocycles. The molecular formula is C14H7F3N6O2. The SMILES string of the molecule is N#Cc1ccc(Nc2nc(-c3ccc(OC(F)(F)F)cn3)no2)cn1. The van der Waals surface area contributed by atoms with Crippen molar-refractivity contribution >= 4 is 11.7 Å². The highest BCUT2D eigenvalue weighted by Gasteiger charge is 2.31. The topological polar surface area (TPSA) is 110 Å². The summed E-state index contributed by atoms with van der Waals surface area (Å²) in [6.07, 6.45) is -2.48. The van der Waals surface area contributed by atoms with E-state index in [1.165, 1.54) is 18.3 Å². The van der Waals surface area contributed by atoms with Crippen molar-refractivity contribution in [1.29, 1.82) is 5.26 Å². The van der Waals surface area contributed by atoms with Gasteiger partial charge in [-0.2, -0.15) is 10.2 Å². The molecule has 0 unspecified atom stereocenters. The van der Waals surface area contributed by atoms with E-state index in [1.807, 2.05) is 6.07 Å². The molecule has 0 aliphatic heterocycles. The molecule has 1 N–H and O–H groups in total. The van der Waals surface area contributed by atoms with E-state index in [-0.39, 0.29) is 23.2 Å². The van der Waals surface area contributed by atoms with Gasteiger partial charge in [-0.25, -0.2) is 9.97 Å². The smallest absolute Gasteiger partial charge is 0.404 e. The Labute approximate surface area is 137 Å². The first-order valence-electron chi connectivity index (χ1n) is 6.62. The third-order valence-electron chi connectivity index (χ3n) is 2.75. The number of nitrogens with zero attached hydrogens (tertiary/aromatic N) is 5. The number of rotatable bonds is 4. The van der Waals surface area contributed by atoms with Crippen LogP contribution in [0, 0.1) is 11.3 Å². The maximum absolute atomic E-state index is 12.1. The van der Waals surface area contributed by atoms with Gasteiger partial charge in [0.2, 0.25) is 5.82 Å². The lowest BCUT2D eigenvalue weighted by atomic mass is 10.3. The zero-order chi connectivity index (χ0) is 17.9. The second-order valence-electron chi connectivity index (χ2n) is 4.52. The van der Waals surface area contributed by atoms with E-state index < -0.39 is 12.1 Å². The van der Waals surface area contributed by atoms with E-state index in [2.05, 4.69) is 30.2 Å². The zero-order valence-electron chi connectivity index (χ0n) is 12.2. The Morgan fingerprint density at radius 1 is 1.12 bits per heavy atom. The lowest BCUT2D eigenvalue weighted by Crippen LogP contribution is -2.17. The summed E-state index contributed by atoms with van der Waals surface area (Å²) in [5.41, 5.74) is 0.961. The summed E-state index contributed by atoms with van der Waals surface area (Å²) in [6.45, 7) is 0. The van der Waals surface area contributed by atoms with Crippen LogP contribution in [-0.2, 0) is 0 Å². The maximum atomic E-state index is 12.1. The molecule has 0 atom stereocenters. The third kappa shape index (κ3) is 4.20. The summed E-state index contributed by atoms with van der Waals surface area (Å²) in [5.74, 6) is -0.385. The first-order chi connectivity index (χ1) is 11.9. The van der Waals surface area contributed by atoms with Crippen molar-refractivity contribution in [2.24, 2.45) is 0 Å². The lowest BCUT2D eigenvalue weighted by molar-refractivity contribution is -0.274. The summed E-state index contributed by atoms with van der Waals surface area (Å²) in [6, 6.07) is 7.35. The van der Waals surface area contributed by atoms with Gasteiger partial charge >= 0.3 is 12.4 Å². The highest BCUT2D eigenvalue weighted by atomic mass is 19.4. The molecule has 126 valence electrons. The molecule has 0 fully saturated rings. The predicted octanol–water partition coefficient (Wildman–Crippen LogP) is 3.04. The number of halogens is 3. The van der Waals surface area contributed by atoms with E-state index in [0.717, 1.165) is 12.3 Å². The number of anilines is 2. The molecule has 0 radical (unpaired) electrons. The molecule has 0 aromatic carbocycles. The van der Waals surface area contributed by atoms with Crippen molar-refractivity contribution in [3.8, 4) is 23.3 Å². The minimum Gasteiger partial charge on any atom is -0.404 e. The average Bonchev–Trinajstić information content (AvgIpc) is 3.03. The van der Waals surface area contributed by atoms with Gasteiger partial charge in [-0.15, -0.1) is 13.2 Å². The Kier molecular flexibility index (Phi) is 4.17. The molecular weight excluding hydrogens is 341 g/mol. The van der Waals surface area contributed by atoms with Crippen LogP contribution in [0.5, 0.6) is 5.75 Å². The van der Waals surface area contributed by atoms with Gasteiger partial charge in [0, 0.05) is 0 Å². The zero-order valence-corrected chi connectivity index (χ0v) is 12.2. The molecule has 3 rings (SSSR count). The van der Waals surface area contributed by atoms with Gasteiger partial charge in [-0.1, -0.05) is 5.16 Å². The van der Waals surface area contributed by atoms with Crippen molar-refractivity contribution in [1.82, 2.24) is 20.1 Å². The number of nitriles is 1. The fraction of sp³-hybridized carbons (Fsp3) is 0.0714. The van der Waals surface area contributed by atoms with Crippen molar-refractivity contribution in [2.45, 2.75) is 6.36 Å². The van der Waals surface area contributed by atoms with E-state index >= 15 is 0 Å². The fourth-order valence-electron chi connectivity index (χ4n) is 1.74. The molecule has 0 aliphatic rings. The number of alkyl halides is 3. The Balaban J connectivity index is 1.71. The van der Waals surface area contributed by atoms with E-state index in [1.54, 1.807) is 6.07 Å². The van der Waals surface area contributed by atoms with Gasteiger partial charge in [0.1, 0.15) is 23.2 Å². The van der Waals surface area contributed by atoms with Gasteiger partial charge in [-0.05, 0) is 24.3 Å². The number of ether oxygens (including phenoxy) is 1. The average molecular weight is 348 g/mol. The van der Waals surface area contributed by atoms with Gasteiger partial charge in [-0.3, -0.25) is 0 Å². The number of pyridine rings is 2. The largest absolute Gasteiger partial charge is 0.573 e. The second-order valence-corrected chi connectivity index (χ2v) is 4.52. The number of hydrogen-bond acceptors (Lipinski definition) is 8. The van der Waals surface area contributed by atoms with E-state index in [0.29, 0.717) is 5.69 Å². The second kappa shape index (κ2) is 6.44. The van der Waals surface area contributed by atoms with E-state index in [9.17, 15) is 13.2 Å². The summed E-state index contributed by atoms with van der Waals surface area (Å²) < 4.78 is 45.0. The standard InChI is InChI=1S/C14H7F3N6O2/c15-14(16,17)24-10-3-4-11(20-7-10)12-22-13(25-23-12)21-9-2-1-8(5-18)19-6-9/h1-4,6-7H,(H,21,22,23). The van der Waals surface area contributed by atoms with Crippen LogP contribution in [0.2, 0.25) is 0 Å². The fourth-order valence-corrected chi connectivity index (χ4v) is 1.74. The predicted molar refractivity (Wildman–Crippen MR) is 76.4 cm³/mol. The molecule has 0 amide bonds. The van der Waals surface area contributed by atoms with E-state index in [4.69, 9.17) is 9.78 Å². The van der Waals surface area contributed by atoms with Crippen LogP contribution in [0.25, 0.3) is 11.5 Å². The summed E-state index contributed by atoms with van der Waals surface area (Å²) in [7, 11) is 0. The van der Waals surface area contributed by atoms with Crippen molar-refractivity contribution in [2.75, 3.05) is 5.32 Å². The highest BCUT2D eigenvalue weighted by molar-refractivity contribution is 5.55. The Bertz CT molecular complexity index is 900. The molecule has 8 nitrogen and oxygen atoms in total. The molecule has 0 saturated heterocycles. The minimum absolute atomic E-state index is 0.0268. The molecule has 3 aromatic rings. The summed E-state index contributed by atoms with van der Waals surface area (Å²) in [4.78, 5) is 11.7. The third-order valence-corrected chi connectivity index (χ3v) is 2.75. The maximum Gasteiger partial charge on any atom is 0.573 e. The van der Waals surface area contributed by atoms with Crippen LogP contribution in [0.4, 0.5) is 24.9 Å². The quantitative estimate of drug-likeness (QED) is 0.766. The first-order valence-corrected chi connectivity index (χ1v) is 6.62. The minimum atomic E-state index is -4.79. The Morgan fingerprint density at radius 2 is 1.96 bits per heavy atom. The van der Waals surface area contributed by atoms with Crippen LogP contribution in [0.1, 0.15) is 5.69 Å². The first kappa shape index (κ1) is 16.2. The van der Waals surface area contributed by atoms with Crippen LogP contribution >= 0.6 is 0 Å². The van der Waals surface area contributed by atoms with Crippen molar-refractivity contribution in [3.05, 3.63) is 42.4 Å². The Morgan fingerprint density at radius 3 is 2.56 bits per heavy atom. The molecule has 11 heteroatoms. The van der Waals surface area contributed by atoms with Crippen LogP contribution in [0.15, 0.2) is 41.2 Å². The van der Waals surface area contributed by atoms with Crippen LogP contribution in [0.3, 0.4) is 0 Å².